The highest BCUT2D eigenvalue weighted by atomic mass is 16.6. The van der Waals surface area contributed by atoms with Gasteiger partial charge in [0.1, 0.15) is 11.2 Å². The number of amides is 2. The van der Waals surface area contributed by atoms with Crippen molar-refractivity contribution in [3.8, 4) is 0 Å². The molecule has 0 radical (unpaired) electrons. The van der Waals surface area contributed by atoms with Gasteiger partial charge in [0, 0.05) is 19.6 Å². The second-order valence-electron chi connectivity index (χ2n) is 7.91. The number of aliphatic hydroxyl groups excluding tert-OH is 1. The van der Waals surface area contributed by atoms with Crippen LogP contribution in [0.15, 0.2) is 0 Å². The molecule has 0 saturated carbocycles. The molecule has 0 aromatic carbocycles. The highest BCUT2D eigenvalue weighted by Crippen LogP contribution is 2.20. The van der Waals surface area contributed by atoms with E-state index in [0.29, 0.717) is 13.1 Å². The molecule has 1 fully saturated rings. The van der Waals surface area contributed by atoms with Crippen molar-refractivity contribution in [2.45, 2.75) is 71.8 Å². The van der Waals surface area contributed by atoms with Crippen LogP contribution in [0.5, 0.6) is 0 Å². The lowest BCUT2D eigenvalue weighted by atomic mass is 10.1. The van der Waals surface area contributed by atoms with Crippen LogP contribution in [0.2, 0.25) is 0 Å². The Hall–Kier alpha value is -1.50. The molecule has 0 aromatic rings. The van der Waals surface area contributed by atoms with Crippen LogP contribution in [0.25, 0.3) is 0 Å². The molecule has 134 valence electrons. The van der Waals surface area contributed by atoms with Gasteiger partial charge in [-0.2, -0.15) is 0 Å². The summed E-state index contributed by atoms with van der Waals surface area (Å²) in [5, 5.41) is 10.00. The fourth-order valence-corrected chi connectivity index (χ4v) is 2.26. The van der Waals surface area contributed by atoms with E-state index in [0.717, 1.165) is 0 Å². The van der Waals surface area contributed by atoms with E-state index < -0.39 is 35.5 Å². The highest BCUT2D eigenvalue weighted by molar-refractivity contribution is 5.71. The van der Waals surface area contributed by atoms with E-state index in [1.165, 1.54) is 9.80 Å². The fourth-order valence-electron chi connectivity index (χ4n) is 2.26. The second-order valence-corrected chi connectivity index (χ2v) is 7.91. The van der Waals surface area contributed by atoms with Crippen molar-refractivity contribution < 1.29 is 24.2 Å². The van der Waals surface area contributed by atoms with Gasteiger partial charge in [0.25, 0.3) is 0 Å². The summed E-state index contributed by atoms with van der Waals surface area (Å²) in [6.45, 7) is 13.2. The predicted molar refractivity (Wildman–Crippen MR) is 86.2 cm³/mol. The quantitative estimate of drug-likeness (QED) is 0.797. The van der Waals surface area contributed by atoms with Crippen LogP contribution in [-0.4, -0.2) is 70.1 Å². The van der Waals surface area contributed by atoms with Gasteiger partial charge < -0.3 is 19.5 Å². The summed E-state index contributed by atoms with van der Waals surface area (Å²) in [7, 11) is 0. The lowest BCUT2D eigenvalue weighted by Crippen LogP contribution is -2.61. The summed E-state index contributed by atoms with van der Waals surface area (Å²) < 4.78 is 10.7. The molecule has 1 N–H and O–H groups in total. The summed E-state index contributed by atoms with van der Waals surface area (Å²) in [6, 6.07) is -0.522. The molecule has 1 rings (SSSR count). The molecule has 7 heteroatoms. The van der Waals surface area contributed by atoms with Crippen molar-refractivity contribution in [1.82, 2.24) is 9.80 Å². The zero-order valence-electron chi connectivity index (χ0n) is 15.3. The summed E-state index contributed by atoms with van der Waals surface area (Å²) in [6.07, 6.45) is -1.70. The number of hydrogen-bond donors (Lipinski definition) is 1. The number of piperazine rings is 1. The van der Waals surface area contributed by atoms with Crippen molar-refractivity contribution in [2.24, 2.45) is 0 Å². The number of nitrogens with zero attached hydrogens (tertiary/aromatic N) is 2. The Morgan fingerprint density at radius 3 is 1.91 bits per heavy atom. The first kappa shape index (κ1) is 19.5. The van der Waals surface area contributed by atoms with Crippen LogP contribution < -0.4 is 0 Å². The van der Waals surface area contributed by atoms with Gasteiger partial charge in [-0.3, -0.25) is 4.90 Å². The molecule has 0 aromatic heterocycles. The average Bonchev–Trinajstić information content (AvgIpc) is 2.33. The van der Waals surface area contributed by atoms with E-state index >= 15 is 0 Å². The van der Waals surface area contributed by atoms with Crippen molar-refractivity contribution in [1.29, 1.82) is 0 Å². The Bertz CT molecular complexity index is 437. The van der Waals surface area contributed by atoms with Crippen LogP contribution in [0.1, 0.15) is 48.5 Å². The maximum atomic E-state index is 12.3. The molecule has 1 heterocycles. The second kappa shape index (κ2) is 6.95. The largest absolute Gasteiger partial charge is 0.444 e. The number of hydrogen-bond acceptors (Lipinski definition) is 5. The van der Waals surface area contributed by atoms with Gasteiger partial charge in [0.15, 0.2) is 0 Å². The predicted octanol–water partition coefficient (Wildman–Crippen LogP) is 2.22. The molecule has 7 nitrogen and oxygen atoms in total. The van der Waals surface area contributed by atoms with Crippen LogP contribution in [0.4, 0.5) is 9.59 Å². The third kappa shape index (κ3) is 6.25. The Morgan fingerprint density at radius 1 is 1.00 bits per heavy atom. The maximum absolute atomic E-state index is 12.3. The maximum Gasteiger partial charge on any atom is 0.410 e. The van der Waals surface area contributed by atoms with Crippen molar-refractivity contribution >= 4 is 12.2 Å². The lowest BCUT2D eigenvalue weighted by Gasteiger charge is -2.42. The van der Waals surface area contributed by atoms with Gasteiger partial charge in [-0.1, -0.05) is 0 Å². The van der Waals surface area contributed by atoms with Crippen LogP contribution in [0, 0.1) is 0 Å². The molecule has 2 unspecified atom stereocenters. The average molecular weight is 330 g/mol. The van der Waals surface area contributed by atoms with E-state index in [1.807, 2.05) is 0 Å². The molecule has 23 heavy (non-hydrogen) atoms. The molecular formula is C16H30N2O5. The molecule has 1 saturated heterocycles. The molecule has 0 aliphatic carbocycles. The third-order valence-corrected chi connectivity index (χ3v) is 3.26. The minimum Gasteiger partial charge on any atom is -0.444 e. The zero-order chi connectivity index (χ0) is 18.0. The summed E-state index contributed by atoms with van der Waals surface area (Å²) in [5.74, 6) is 0. The van der Waals surface area contributed by atoms with E-state index in [1.54, 1.807) is 48.5 Å². The van der Waals surface area contributed by atoms with E-state index in [-0.39, 0.29) is 6.54 Å². The Balaban J connectivity index is 2.78. The molecule has 1 aliphatic rings. The van der Waals surface area contributed by atoms with E-state index in [4.69, 9.17) is 9.47 Å². The number of aliphatic hydroxyl groups is 1. The third-order valence-electron chi connectivity index (χ3n) is 3.26. The topological polar surface area (TPSA) is 79.3 Å². The summed E-state index contributed by atoms with van der Waals surface area (Å²) >= 11 is 0. The number of carbonyl (C=O) groups is 2. The monoisotopic (exact) mass is 330 g/mol. The normalized spacial score (nSPS) is 21.0. The minimum atomic E-state index is -0.784. The van der Waals surface area contributed by atoms with Crippen molar-refractivity contribution in [3.63, 3.8) is 0 Å². The van der Waals surface area contributed by atoms with Crippen molar-refractivity contribution in [2.75, 3.05) is 19.6 Å². The van der Waals surface area contributed by atoms with Gasteiger partial charge in [-0.05, 0) is 48.5 Å². The Kier molecular flexibility index (Phi) is 5.90. The van der Waals surface area contributed by atoms with E-state index in [9.17, 15) is 14.7 Å². The Labute approximate surface area is 138 Å². The van der Waals surface area contributed by atoms with Crippen LogP contribution >= 0.6 is 0 Å². The summed E-state index contributed by atoms with van der Waals surface area (Å²) in [4.78, 5) is 27.5. The minimum absolute atomic E-state index is 0.214. The smallest absolute Gasteiger partial charge is 0.410 e. The standard InChI is InChI=1S/C16H30N2O5/c1-11(19)12-10-17(13(20)22-15(2,3)4)8-9-18(12)14(21)23-16(5,6)7/h11-12,19H,8-10H2,1-7H3. The van der Waals surface area contributed by atoms with Gasteiger partial charge >= 0.3 is 12.2 Å². The zero-order valence-corrected chi connectivity index (χ0v) is 15.3. The van der Waals surface area contributed by atoms with E-state index in [2.05, 4.69) is 0 Å². The molecule has 0 bridgehead atoms. The van der Waals surface area contributed by atoms with Gasteiger partial charge in [0.2, 0.25) is 0 Å². The number of rotatable bonds is 1. The van der Waals surface area contributed by atoms with Crippen LogP contribution in [0.3, 0.4) is 0 Å². The van der Waals surface area contributed by atoms with Crippen molar-refractivity contribution in [3.05, 3.63) is 0 Å². The highest BCUT2D eigenvalue weighted by Gasteiger charge is 2.38. The SMILES string of the molecule is CC(O)C1CN(C(=O)OC(C)(C)C)CCN1C(=O)OC(C)(C)C. The number of carbonyl (C=O) groups excluding carboxylic acids is 2. The number of ether oxygens (including phenoxy) is 2. The lowest BCUT2D eigenvalue weighted by molar-refractivity contribution is -0.0361. The first-order valence-electron chi connectivity index (χ1n) is 7.96. The molecule has 2 amide bonds. The molecular weight excluding hydrogens is 300 g/mol. The first-order valence-corrected chi connectivity index (χ1v) is 7.96. The fraction of sp³-hybridized carbons (Fsp3) is 0.875. The van der Waals surface area contributed by atoms with Gasteiger partial charge in [-0.25, -0.2) is 9.59 Å². The molecule has 1 aliphatic heterocycles. The van der Waals surface area contributed by atoms with Gasteiger partial charge in [0.05, 0.1) is 12.1 Å². The summed E-state index contributed by atoms with van der Waals surface area (Å²) in [5.41, 5.74) is -1.19. The molecule has 0 spiro atoms. The Morgan fingerprint density at radius 2 is 1.48 bits per heavy atom. The first-order chi connectivity index (χ1) is 10.3. The van der Waals surface area contributed by atoms with Crippen LogP contribution in [-0.2, 0) is 9.47 Å². The molecule has 2 atom stereocenters. The van der Waals surface area contributed by atoms with Gasteiger partial charge in [-0.15, -0.1) is 0 Å².